The van der Waals surface area contributed by atoms with Crippen LogP contribution >= 0.6 is 11.3 Å². The van der Waals surface area contributed by atoms with Gasteiger partial charge in [-0.15, -0.1) is 11.3 Å². The van der Waals surface area contributed by atoms with Gasteiger partial charge in [0.25, 0.3) is 0 Å². The third-order valence-electron chi connectivity index (χ3n) is 9.93. The minimum atomic E-state index is -0.0797. The summed E-state index contributed by atoms with van der Waals surface area (Å²) in [5, 5.41) is 2.65. The summed E-state index contributed by atoms with van der Waals surface area (Å²) < 4.78 is 2.66. The number of allylic oxidation sites excluding steroid dienone is 3. The summed E-state index contributed by atoms with van der Waals surface area (Å²) in [5.74, 6) is 0. The van der Waals surface area contributed by atoms with Crippen molar-refractivity contribution in [2.45, 2.75) is 33.1 Å². The molecule has 1 aliphatic carbocycles. The Kier molecular flexibility index (Phi) is 7.00. The molecule has 0 bridgehead atoms. The van der Waals surface area contributed by atoms with Crippen molar-refractivity contribution in [3.8, 4) is 22.3 Å². The Morgan fingerprint density at radius 1 is 0.638 bits per heavy atom. The fourth-order valence-electron chi connectivity index (χ4n) is 7.43. The lowest BCUT2D eigenvalue weighted by Gasteiger charge is -2.29. The molecular weight excluding hydrogens is 587 g/mol. The Bertz CT molecular complexity index is 2370. The number of anilines is 3. The van der Waals surface area contributed by atoms with Gasteiger partial charge in [-0.25, -0.2) is 0 Å². The van der Waals surface area contributed by atoms with E-state index in [0.717, 1.165) is 17.1 Å². The smallest absolute Gasteiger partial charge is 0.0467 e. The average molecular weight is 624 g/mol. The minimum Gasteiger partial charge on any atom is -0.310 e. The number of thiophene rings is 1. The molecule has 0 fully saturated rings. The van der Waals surface area contributed by atoms with E-state index in [1.54, 1.807) is 0 Å². The summed E-state index contributed by atoms with van der Waals surface area (Å²) in [4.78, 5) is 2.41. The zero-order valence-corrected chi connectivity index (χ0v) is 28.2. The van der Waals surface area contributed by atoms with Crippen LogP contribution < -0.4 is 4.90 Å². The Hall–Kier alpha value is -5.18. The molecule has 0 saturated carbocycles. The highest BCUT2D eigenvalue weighted by atomic mass is 32.1. The molecular formula is C45H37NS. The number of rotatable bonds is 6. The molecule has 0 spiro atoms. The first-order valence-electron chi connectivity index (χ1n) is 16.3. The minimum absolute atomic E-state index is 0.0797. The van der Waals surface area contributed by atoms with Crippen LogP contribution in [-0.2, 0) is 5.41 Å². The summed E-state index contributed by atoms with van der Waals surface area (Å²) in [6.45, 7) is 13.0. The van der Waals surface area contributed by atoms with Gasteiger partial charge in [0.2, 0.25) is 0 Å². The van der Waals surface area contributed by atoms with Crippen LogP contribution in [0.25, 0.3) is 48.0 Å². The molecule has 1 heterocycles. The molecule has 0 aliphatic heterocycles. The van der Waals surface area contributed by atoms with Gasteiger partial charge in [0.15, 0.2) is 0 Å². The molecule has 1 aromatic heterocycles. The maximum absolute atomic E-state index is 3.95. The molecule has 0 amide bonds. The van der Waals surface area contributed by atoms with Crippen molar-refractivity contribution in [3.05, 3.63) is 168 Å². The predicted octanol–water partition coefficient (Wildman–Crippen LogP) is 13.4. The number of hydrogen-bond donors (Lipinski definition) is 0. The Labute approximate surface area is 281 Å². The maximum Gasteiger partial charge on any atom is 0.0467 e. The molecule has 0 radical (unpaired) electrons. The van der Waals surface area contributed by atoms with Crippen LogP contribution in [0.2, 0.25) is 0 Å². The second kappa shape index (κ2) is 11.3. The van der Waals surface area contributed by atoms with Crippen LogP contribution in [0, 0.1) is 6.92 Å². The zero-order chi connectivity index (χ0) is 32.3. The molecule has 2 heteroatoms. The lowest BCUT2D eigenvalue weighted by atomic mass is 9.82. The molecule has 6 aromatic carbocycles. The van der Waals surface area contributed by atoms with Gasteiger partial charge in [0.05, 0.1) is 0 Å². The third-order valence-corrected chi connectivity index (χ3v) is 11.1. The van der Waals surface area contributed by atoms with Gasteiger partial charge >= 0.3 is 0 Å². The van der Waals surface area contributed by atoms with Gasteiger partial charge in [0.1, 0.15) is 0 Å². The van der Waals surface area contributed by atoms with Crippen molar-refractivity contribution in [1.29, 1.82) is 0 Å². The number of hydrogen-bond acceptors (Lipinski definition) is 2. The Balaban J connectivity index is 1.26. The van der Waals surface area contributed by atoms with Gasteiger partial charge in [-0.1, -0.05) is 105 Å². The SMILES string of the molecule is C=CC=C(C)c1cc(N(c2ccc(-c3ccc4sc5ccccc5c4c3)cc2)c2ccc3c(c2)C(C)(C)c2ccccc2-3)ccc1C. The van der Waals surface area contributed by atoms with Gasteiger partial charge in [0, 0.05) is 42.6 Å². The standard InChI is InChI=1S/C45H37NS/c1-6-11-29(2)39-27-34(20-16-30(39)3)46(35-23-24-37-36-12-7-9-14-41(36)45(4,5)42(37)28-35)33-21-17-31(18-22-33)32-19-25-44-40(26-32)38-13-8-10-15-43(38)47-44/h6-28H,1H2,2-5H3. The van der Waals surface area contributed by atoms with E-state index < -0.39 is 0 Å². The van der Waals surface area contributed by atoms with Crippen LogP contribution in [0.1, 0.15) is 43.0 Å². The molecule has 8 rings (SSSR count). The maximum atomic E-state index is 3.95. The van der Waals surface area contributed by atoms with Gasteiger partial charge < -0.3 is 4.90 Å². The Morgan fingerprint density at radius 2 is 1.30 bits per heavy atom. The Morgan fingerprint density at radius 3 is 2.13 bits per heavy atom. The molecule has 1 nitrogen and oxygen atoms in total. The topological polar surface area (TPSA) is 3.24 Å². The number of nitrogens with zero attached hydrogens (tertiary/aromatic N) is 1. The van der Waals surface area contributed by atoms with E-state index in [4.69, 9.17) is 0 Å². The quantitative estimate of drug-likeness (QED) is 0.167. The molecule has 0 atom stereocenters. The van der Waals surface area contributed by atoms with Crippen molar-refractivity contribution in [2.75, 3.05) is 4.90 Å². The fourth-order valence-corrected chi connectivity index (χ4v) is 8.51. The lowest BCUT2D eigenvalue weighted by molar-refractivity contribution is 0.660. The summed E-state index contributed by atoms with van der Waals surface area (Å²) in [7, 11) is 0. The second-order valence-electron chi connectivity index (χ2n) is 13.2. The van der Waals surface area contributed by atoms with Gasteiger partial charge in [-0.05, 0) is 119 Å². The number of fused-ring (bicyclic) bond motifs is 6. The van der Waals surface area contributed by atoms with E-state index in [1.165, 1.54) is 70.3 Å². The fraction of sp³-hybridized carbons (Fsp3) is 0.111. The second-order valence-corrected chi connectivity index (χ2v) is 14.3. The number of aryl methyl sites for hydroxylation is 1. The van der Waals surface area contributed by atoms with Crippen molar-refractivity contribution >= 4 is 54.1 Å². The molecule has 0 saturated heterocycles. The van der Waals surface area contributed by atoms with Crippen LogP contribution in [0.15, 0.2) is 146 Å². The summed E-state index contributed by atoms with van der Waals surface area (Å²) in [5.41, 5.74) is 14.9. The molecule has 0 unspecified atom stereocenters. The zero-order valence-electron chi connectivity index (χ0n) is 27.3. The van der Waals surface area contributed by atoms with E-state index in [0.29, 0.717) is 0 Å². The molecule has 7 aromatic rings. The van der Waals surface area contributed by atoms with Crippen LogP contribution in [0.5, 0.6) is 0 Å². The van der Waals surface area contributed by atoms with Crippen LogP contribution in [-0.4, -0.2) is 0 Å². The average Bonchev–Trinajstić information content (AvgIpc) is 3.57. The lowest BCUT2D eigenvalue weighted by Crippen LogP contribution is -2.16. The van der Waals surface area contributed by atoms with E-state index in [2.05, 4.69) is 173 Å². The largest absolute Gasteiger partial charge is 0.310 e. The highest BCUT2D eigenvalue weighted by molar-refractivity contribution is 7.25. The molecule has 228 valence electrons. The van der Waals surface area contributed by atoms with Crippen LogP contribution in [0.4, 0.5) is 17.1 Å². The van der Waals surface area contributed by atoms with Crippen molar-refractivity contribution in [1.82, 2.24) is 0 Å². The first-order valence-corrected chi connectivity index (χ1v) is 17.1. The third kappa shape index (κ3) is 4.83. The molecule has 47 heavy (non-hydrogen) atoms. The van der Waals surface area contributed by atoms with Crippen molar-refractivity contribution in [2.24, 2.45) is 0 Å². The molecule has 1 aliphatic rings. The van der Waals surface area contributed by atoms with Crippen molar-refractivity contribution in [3.63, 3.8) is 0 Å². The van der Waals surface area contributed by atoms with Gasteiger partial charge in [-0.2, -0.15) is 0 Å². The summed E-state index contributed by atoms with van der Waals surface area (Å²) in [6.07, 6.45) is 3.96. The predicted molar refractivity (Wildman–Crippen MR) is 206 cm³/mol. The first-order chi connectivity index (χ1) is 22.8. The number of benzene rings is 6. The van der Waals surface area contributed by atoms with Crippen LogP contribution in [0.3, 0.4) is 0 Å². The monoisotopic (exact) mass is 623 g/mol. The highest BCUT2D eigenvalue weighted by Crippen LogP contribution is 2.50. The highest BCUT2D eigenvalue weighted by Gasteiger charge is 2.35. The first kappa shape index (κ1) is 29.2. The normalized spacial score (nSPS) is 13.5. The molecule has 0 N–H and O–H groups in total. The summed E-state index contributed by atoms with van der Waals surface area (Å²) >= 11 is 1.86. The van der Waals surface area contributed by atoms with E-state index in [9.17, 15) is 0 Å². The van der Waals surface area contributed by atoms with E-state index in [-0.39, 0.29) is 5.41 Å². The van der Waals surface area contributed by atoms with E-state index in [1.807, 2.05) is 17.4 Å². The van der Waals surface area contributed by atoms with E-state index >= 15 is 0 Å². The summed E-state index contributed by atoms with van der Waals surface area (Å²) in [6, 6.07) is 47.3. The van der Waals surface area contributed by atoms with Gasteiger partial charge in [-0.3, -0.25) is 0 Å². The van der Waals surface area contributed by atoms with Crippen molar-refractivity contribution < 1.29 is 0 Å².